The summed E-state index contributed by atoms with van der Waals surface area (Å²) in [5, 5.41) is 12.1. The van der Waals surface area contributed by atoms with Crippen molar-refractivity contribution in [3.05, 3.63) is 84.5 Å². The van der Waals surface area contributed by atoms with Crippen LogP contribution in [0.25, 0.3) is 11.7 Å². The SMILES string of the molecule is O=C1C(=CC=CC=Cc2nc3ccccn3c2[O-])N=C2C=CC=CN12. The Kier molecular flexibility index (Phi) is 3.63. The predicted molar refractivity (Wildman–Crippen MR) is 93.5 cm³/mol. The van der Waals surface area contributed by atoms with Gasteiger partial charge in [-0.1, -0.05) is 30.4 Å². The summed E-state index contributed by atoms with van der Waals surface area (Å²) in [7, 11) is 0. The lowest BCUT2D eigenvalue weighted by Crippen LogP contribution is -2.26. The van der Waals surface area contributed by atoms with Gasteiger partial charge in [0.1, 0.15) is 17.2 Å². The van der Waals surface area contributed by atoms with Crippen LogP contribution in [-0.2, 0) is 4.79 Å². The van der Waals surface area contributed by atoms with Crippen molar-refractivity contribution in [1.29, 1.82) is 0 Å². The molecule has 0 unspecified atom stereocenters. The van der Waals surface area contributed by atoms with Crippen molar-refractivity contribution in [2.24, 2.45) is 4.99 Å². The largest absolute Gasteiger partial charge is 0.858 e. The Morgan fingerprint density at radius 3 is 2.88 bits per heavy atom. The molecule has 0 atom stereocenters. The lowest BCUT2D eigenvalue weighted by Gasteiger charge is -2.11. The fraction of sp³-hybridized carbons (Fsp3) is 0. The number of nitrogens with zero attached hydrogens (tertiary/aromatic N) is 4. The molecule has 0 N–H and O–H groups in total. The quantitative estimate of drug-likeness (QED) is 0.640. The number of amides is 1. The highest BCUT2D eigenvalue weighted by Gasteiger charge is 2.27. The second-order valence-electron chi connectivity index (χ2n) is 5.37. The lowest BCUT2D eigenvalue weighted by molar-refractivity contribution is -0.276. The van der Waals surface area contributed by atoms with Crippen molar-refractivity contribution in [2.45, 2.75) is 0 Å². The van der Waals surface area contributed by atoms with Gasteiger partial charge in [-0.3, -0.25) is 9.69 Å². The van der Waals surface area contributed by atoms with Crippen LogP contribution in [0.1, 0.15) is 5.69 Å². The minimum Gasteiger partial charge on any atom is -0.858 e. The van der Waals surface area contributed by atoms with Crippen LogP contribution in [-0.4, -0.2) is 26.0 Å². The van der Waals surface area contributed by atoms with Gasteiger partial charge in [-0.2, -0.15) is 0 Å². The van der Waals surface area contributed by atoms with Gasteiger partial charge >= 0.3 is 0 Å². The summed E-state index contributed by atoms with van der Waals surface area (Å²) in [5.74, 6) is 0.293. The van der Waals surface area contributed by atoms with Gasteiger partial charge in [0, 0.05) is 12.4 Å². The second-order valence-corrected chi connectivity index (χ2v) is 5.37. The number of carbonyl (C=O) groups is 1. The molecule has 0 aliphatic carbocycles. The molecule has 4 heterocycles. The van der Waals surface area contributed by atoms with E-state index >= 15 is 0 Å². The molecule has 0 radical (unpaired) electrons. The van der Waals surface area contributed by atoms with Crippen molar-refractivity contribution < 1.29 is 9.90 Å². The highest BCUT2D eigenvalue weighted by molar-refractivity contribution is 6.17. The molecule has 2 aromatic heterocycles. The summed E-state index contributed by atoms with van der Waals surface area (Å²) in [6.07, 6.45) is 17.2. The maximum atomic E-state index is 12.1. The molecule has 2 aliphatic heterocycles. The molecule has 0 fully saturated rings. The minimum absolute atomic E-state index is 0.161. The number of hydrogen-bond acceptors (Lipinski definition) is 4. The number of carbonyl (C=O) groups excluding carboxylic acids is 1. The van der Waals surface area contributed by atoms with Gasteiger partial charge in [-0.25, -0.2) is 9.98 Å². The topological polar surface area (TPSA) is 73.0 Å². The van der Waals surface area contributed by atoms with Crippen molar-refractivity contribution in [2.75, 3.05) is 0 Å². The van der Waals surface area contributed by atoms with E-state index in [0.717, 1.165) is 0 Å². The third-order valence-electron chi connectivity index (χ3n) is 3.75. The Morgan fingerprint density at radius 2 is 2.04 bits per heavy atom. The van der Waals surface area contributed by atoms with Gasteiger partial charge in [0.2, 0.25) is 0 Å². The molecule has 1 amide bonds. The number of rotatable bonds is 3. The molecule has 2 aromatic rings. The van der Waals surface area contributed by atoms with Crippen LogP contribution in [0.2, 0.25) is 0 Å². The van der Waals surface area contributed by atoms with Gasteiger partial charge in [0.25, 0.3) is 5.91 Å². The average Bonchev–Trinajstić information content (AvgIpc) is 3.13. The molecular weight excluding hydrogens is 316 g/mol. The van der Waals surface area contributed by atoms with E-state index in [1.807, 2.05) is 12.1 Å². The first-order chi connectivity index (χ1) is 12.2. The smallest absolute Gasteiger partial charge is 0.282 e. The maximum Gasteiger partial charge on any atom is 0.282 e. The Morgan fingerprint density at radius 1 is 1.12 bits per heavy atom. The van der Waals surface area contributed by atoms with Crippen LogP contribution in [0.15, 0.2) is 83.8 Å². The first kappa shape index (κ1) is 14.9. The zero-order valence-electron chi connectivity index (χ0n) is 13.1. The molecule has 4 rings (SSSR count). The van der Waals surface area contributed by atoms with E-state index in [2.05, 4.69) is 9.98 Å². The van der Waals surface area contributed by atoms with Crippen LogP contribution in [0.5, 0.6) is 5.88 Å². The maximum absolute atomic E-state index is 12.1. The number of fused-ring (bicyclic) bond motifs is 2. The predicted octanol–water partition coefficient (Wildman–Crippen LogP) is 2.19. The first-order valence-corrected chi connectivity index (χ1v) is 7.70. The molecule has 0 aromatic carbocycles. The second kappa shape index (κ2) is 6.09. The van der Waals surface area contributed by atoms with Crippen LogP contribution in [0, 0.1) is 0 Å². The molecule has 0 saturated heterocycles. The fourth-order valence-electron chi connectivity index (χ4n) is 2.56. The minimum atomic E-state index is -0.161. The standard InChI is InChI=1S/C19H14N4O2/c24-18-14(20-16-10-4-6-12-22(16)18)8-2-1-3-9-15-19(25)23-13-7-5-11-17(23)21-15/h1-13,24H/p-1. The molecule has 122 valence electrons. The molecule has 2 aliphatic rings. The summed E-state index contributed by atoms with van der Waals surface area (Å²) in [6.45, 7) is 0. The highest BCUT2D eigenvalue weighted by Crippen LogP contribution is 2.19. The average molecular weight is 329 g/mol. The lowest BCUT2D eigenvalue weighted by atomic mass is 10.3. The van der Waals surface area contributed by atoms with Crippen LogP contribution < -0.4 is 5.11 Å². The van der Waals surface area contributed by atoms with E-state index in [1.54, 1.807) is 67.1 Å². The van der Waals surface area contributed by atoms with Gasteiger partial charge in [0.05, 0.1) is 5.69 Å². The summed E-state index contributed by atoms with van der Waals surface area (Å²) in [5.41, 5.74) is 1.35. The molecular formula is C19H13N4O2-. The third kappa shape index (κ3) is 2.70. The van der Waals surface area contributed by atoms with Crippen molar-refractivity contribution in [3.8, 4) is 5.88 Å². The zero-order chi connectivity index (χ0) is 17.2. The first-order valence-electron chi connectivity index (χ1n) is 7.70. The summed E-state index contributed by atoms with van der Waals surface area (Å²) < 4.78 is 1.50. The molecule has 0 bridgehead atoms. The van der Waals surface area contributed by atoms with Gasteiger partial charge in [-0.05, 0) is 42.3 Å². The van der Waals surface area contributed by atoms with E-state index in [-0.39, 0.29) is 11.8 Å². The number of allylic oxidation sites excluding steroid dienone is 6. The van der Waals surface area contributed by atoms with E-state index in [1.165, 1.54) is 9.30 Å². The Bertz CT molecular complexity index is 1030. The van der Waals surface area contributed by atoms with E-state index in [9.17, 15) is 9.90 Å². The Hall–Kier alpha value is -3.67. The van der Waals surface area contributed by atoms with Crippen LogP contribution in [0.3, 0.4) is 0 Å². The normalized spacial score (nSPS) is 18.2. The number of pyridine rings is 1. The van der Waals surface area contributed by atoms with E-state index in [4.69, 9.17) is 0 Å². The number of aliphatic imine (C=N–C) groups is 1. The van der Waals surface area contributed by atoms with E-state index in [0.29, 0.717) is 22.9 Å². The Labute approximate surface area is 143 Å². The zero-order valence-corrected chi connectivity index (χ0v) is 13.1. The number of amidine groups is 1. The summed E-state index contributed by atoms with van der Waals surface area (Å²) >= 11 is 0. The molecule has 0 saturated carbocycles. The van der Waals surface area contributed by atoms with Gasteiger partial charge in [0.15, 0.2) is 0 Å². The van der Waals surface area contributed by atoms with Crippen LogP contribution >= 0.6 is 0 Å². The highest BCUT2D eigenvalue weighted by atomic mass is 16.3. The molecule has 25 heavy (non-hydrogen) atoms. The van der Waals surface area contributed by atoms with Gasteiger partial charge < -0.3 is 9.51 Å². The molecule has 6 heteroatoms. The fourth-order valence-corrected chi connectivity index (χ4v) is 2.56. The third-order valence-corrected chi connectivity index (χ3v) is 3.75. The Balaban J connectivity index is 1.49. The van der Waals surface area contributed by atoms with Crippen LogP contribution in [0.4, 0.5) is 0 Å². The summed E-state index contributed by atoms with van der Waals surface area (Å²) in [6, 6.07) is 5.40. The number of hydrogen-bond donors (Lipinski definition) is 0. The number of aromatic nitrogens is 2. The van der Waals surface area contributed by atoms with Crippen molar-refractivity contribution >= 4 is 23.5 Å². The summed E-state index contributed by atoms with van der Waals surface area (Å²) in [4.78, 5) is 22.1. The van der Waals surface area contributed by atoms with Gasteiger partial charge in [-0.15, -0.1) is 0 Å². The molecule has 0 spiro atoms. The van der Waals surface area contributed by atoms with Crippen molar-refractivity contribution in [3.63, 3.8) is 0 Å². The number of imidazole rings is 1. The monoisotopic (exact) mass is 329 g/mol. The van der Waals surface area contributed by atoms with E-state index < -0.39 is 0 Å². The van der Waals surface area contributed by atoms with Crippen molar-refractivity contribution in [1.82, 2.24) is 14.3 Å². The molecule has 6 nitrogen and oxygen atoms in total.